The van der Waals surface area contributed by atoms with Crippen LogP contribution >= 0.6 is 58.0 Å². The summed E-state index contributed by atoms with van der Waals surface area (Å²) >= 11 is 26.7. The third kappa shape index (κ3) is 12.6. The fraction of sp³-hybridized carbons (Fsp3) is 0.105. The fourth-order valence-electron chi connectivity index (χ4n) is 4.79. The van der Waals surface area contributed by atoms with Crippen molar-refractivity contribution in [2.45, 2.75) is 20.0 Å². The van der Waals surface area contributed by atoms with Gasteiger partial charge >= 0.3 is 12.6 Å². The summed E-state index contributed by atoms with van der Waals surface area (Å²) in [6.07, 6.45) is -2.22. The Bertz CT molecular complexity index is 2510. The van der Waals surface area contributed by atoms with Gasteiger partial charge in [-0.25, -0.2) is 18.7 Å². The Hall–Kier alpha value is -5.79. The largest absolute Gasteiger partial charge is 0.586 e. The Morgan fingerprint density at radius 1 is 0.639 bits per heavy atom. The molecule has 0 atom stereocenters. The minimum Gasteiger partial charge on any atom is -0.395 e. The van der Waals surface area contributed by atoms with Crippen molar-refractivity contribution >= 4 is 80.8 Å². The topological polar surface area (TPSA) is 161 Å². The van der Waals surface area contributed by atoms with Gasteiger partial charge in [-0.3, -0.25) is 19.6 Å². The van der Waals surface area contributed by atoms with Crippen molar-refractivity contribution in [3.8, 4) is 45.5 Å². The van der Waals surface area contributed by atoms with E-state index in [4.69, 9.17) is 63.7 Å². The first-order chi connectivity index (χ1) is 28.4. The standard InChI is InChI=1S/C18H9ClF3N3O3.C11H6ClF2N3O2.C7H4ClFO.CH2Cl2.CH4/c19-11-6-15-14(27-18(21,22)28-15)5-10(11)13-7-24-16(8-23-13)25-17(26)9-3-1-2-4-12(9)20;12-6-2-9-8(18-11(13,14)19-9)1-5(6)7-3-17-10(15)4-16-7;8-7(10)5-3-1-2-4-6(5)9;2-1-3;/h1-8H,(H,24,25,26);1-4H,(H2,15,17);1-4H;1H2;1H4. The first kappa shape index (κ1) is 47.9. The van der Waals surface area contributed by atoms with Crippen LogP contribution in [-0.2, 0) is 0 Å². The number of nitrogens with one attached hydrogen (secondary N) is 1. The van der Waals surface area contributed by atoms with Crippen molar-refractivity contribution in [2.24, 2.45) is 0 Å². The van der Waals surface area contributed by atoms with Crippen LogP contribution < -0.4 is 30.0 Å². The molecule has 0 aliphatic carbocycles. The number of hydrogen-bond donors (Lipinski definition) is 2. The van der Waals surface area contributed by atoms with Crippen molar-refractivity contribution in [3.05, 3.63) is 130 Å². The molecule has 8 rings (SSSR count). The van der Waals surface area contributed by atoms with Gasteiger partial charge in [0, 0.05) is 23.3 Å². The van der Waals surface area contributed by atoms with Crippen LogP contribution in [0.15, 0.2) is 97.6 Å². The monoisotopic (exact) mass is 950 g/mol. The van der Waals surface area contributed by atoms with Crippen molar-refractivity contribution in [1.29, 1.82) is 0 Å². The first-order valence-corrected chi connectivity index (χ1v) is 18.3. The molecule has 2 aliphatic heterocycles. The average Bonchev–Trinajstić information content (AvgIpc) is 3.67. The summed E-state index contributed by atoms with van der Waals surface area (Å²) in [6, 6.07) is 16.1. The highest BCUT2D eigenvalue weighted by molar-refractivity contribution is 6.67. The average molecular weight is 953 g/mol. The minimum atomic E-state index is -3.77. The summed E-state index contributed by atoms with van der Waals surface area (Å²) in [7, 11) is 0. The smallest absolute Gasteiger partial charge is 0.395 e. The third-order valence-corrected chi connectivity index (χ3v) is 8.13. The van der Waals surface area contributed by atoms with E-state index in [-0.39, 0.29) is 79.8 Å². The molecule has 0 fully saturated rings. The van der Waals surface area contributed by atoms with E-state index in [9.17, 15) is 35.9 Å². The number of amides is 1. The lowest BCUT2D eigenvalue weighted by Gasteiger charge is -2.07. The van der Waals surface area contributed by atoms with E-state index in [1.165, 1.54) is 85.5 Å². The third-order valence-electron chi connectivity index (χ3n) is 7.30. The maximum absolute atomic E-state index is 13.6. The van der Waals surface area contributed by atoms with Gasteiger partial charge in [-0.15, -0.1) is 40.8 Å². The van der Waals surface area contributed by atoms with Gasteiger partial charge in [0.1, 0.15) is 17.5 Å². The van der Waals surface area contributed by atoms with Gasteiger partial charge in [0.15, 0.2) is 28.8 Å². The van der Waals surface area contributed by atoms with Crippen LogP contribution in [0.2, 0.25) is 10.0 Å². The number of fused-ring (bicyclic) bond motifs is 2. The number of nitrogens with two attached hydrogens (primary N) is 1. The molecule has 0 unspecified atom stereocenters. The van der Waals surface area contributed by atoms with Gasteiger partial charge < -0.3 is 30.0 Å². The second-order valence-electron chi connectivity index (χ2n) is 11.3. The maximum atomic E-state index is 13.6. The number of benzene rings is 4. The van der Waals surface area contributed by atoms with E-state index in [1.54, 1.807) is 6.07 Å². The molecular formula is C38H25Cl5F6N6O6. The molecule has 6 aromatic rings. The van der Waals surface area contributed by atoms with Crippen LogP contribution in [0.25, 0.3) is 22.5 Å². The van der Waals surface area contributed by atoms with Gasteiger partial charge in [0.05, 0.1) is 62.7 Å². The van der Waals surface area contributed by atoms with Gasteiger partial charge in [-0.05, 0) is 48.0 Å². The second-order valence-corrected chi connectivity index (χ2v) is 13.3. The maximum Gasteiger partial charge on any atom is 0.586 e. The lowest BCUT2D eigenvalue weighted by Crippen LogP contribution is -2.25. The number of alkyl halides is 6. The summed E-state index contributed by atoms with van der Waals surface area (Å²) in [5.74, 6) is -2.25. The summed E-state index contributed by atoms with van der Waals surface area (Å²) in [5.41, 5.74) is 6.51. The predicted molar refractivity (Wildman–Crippen MR) is 216 cm³/mol. The zero-order valence-corrected chi connectivity index (χ0v) is 33.2. The quantitative estimate of drug-likeness (QED) is 0.0961. The molecule has 320 valence electrons. The molecule has 1 amide bonds. The number of carbonyl (C=O) groups is 2. The summed E-state index contributed by atoms with van der Waals surface area (Å²) < 4.78 is 95.7. The van der Waals surface area contributed by atoms with E-state index in [2.05, 4.69) is 44.2 Å². The molecule has 0 spiro atoms. The molecule has 12 nitrogen and oxygen atoms in total. The van der Waals surface area contributed by atoms with Crippen LogP contribution in [0, 0.1) is 11.6 Å². The zero-order chi connectivity index (χ0) is 43.8. The van der Waals surface area contributed by atoms with Gasteiger partial charge in [-0.2, -0.15) is 0 Å². The van der Waals surface area contributed by atoms with Crippen LogP contribution in [-0.4, -0.2) is 49.0 Å². The summed E-state index contributed by atoms with van der Waals surface area (Å²) in [5, 5.41) is 2.13. The molecule has 0 saturated carbocycles. The fourth-order valence-corrected chi connectivity index (χ4v) is 5.45. The van der Waals surface area contributed by atoms with Gasteiger partial charge in [0.2, 0.25) is 0 Å². The Labute approximate surface area is 366 Å². The molecular weight excluding hydrogens is 928 g/mol. The summed E-state index contributed by atoms with van der Waals surface area (Å²) in [4.78, 5) is 38.5. The lowest BCUT2D eigenvalue weighted by molar-refractivity contribution is -0.287. The molecule has 2 aromatic heterocycles. The number of hydrogen-bond acceptors (Lipinski definition) is 11. The molecule has 0 radical (unpaired) electrons. The molecule has 0 saturated heterocycles. The van der Waals surface area contributed by atoms with Crippen LogP contribution in [0.5, 0.6) is 23.0 Å². The first-order valence-electron chi connectivity index (χ1n) is 16.1. The minimum absolute atomic E-state index is 0. The molecule has 61 heavy (non-hydrogen) atoms. The van der Waals surface area contributed by atoms with Gasteiger partial charge in [0.25, 0.3) is 11.1 Å². The second kappa shape index (κ2) is 20.7. The molecule has 4 heterocycles. The highest BCUT2D eigenvalue weighted by Gasteiger charge is 2.45. The van der Waals surface area contributed by atoms with Crippen molar-refractivity contribution < 1.29 is 54.9 Å². The SMILES string of the molecule is C.ClCCl.Nc1cnc(-c2cc3c(cc2Cl)OC(F)(F)O3)cn1.O=C(Cl)c1ccccc1F.O=C(Nc1cnc(-c2cc3c(cc2Cl)OC(F)(F)O3)cn1)c1ccccc1F. The van der Waals surface area contributed by atoms with Crippen molar-refractivity contribution in [1.82, 2.24) is 19.9 Å². The van der Waals surface area contributed by atoms with Crippen molar-refractivity contribution in [3.63, 3.8) is 0 Å². The molecule has 23 heteroatoms. The molecule has 0 bridgehead atoms. The van der Waals surface area contributed by atoms with E-state index in [0.29, 0.717) is 11.3 Å². The van der Waals surface area contributed by atoms with E-state index in [0.717, 1.165) is 6.07 Å². The van der Waals surface area contributed by atoms with E-state index >= 15 is 0 Å². The number of halogens is 11. The van der Waals surface area contributed by atoms with Crippen LogP contribution in [0.4, 0.5) is 38.0 Å². The predicted octanol–water partition coefficient (Wildman–Crippen LogP) is 11.5. The molecule has 4 aromatic carbocycles. The number of rotatable bonds is 5. The van der Waals surface area contributed by atoms with Crippen LogP contribution in [0.3, 0.4) is 0 Å². The Balaban J connectivity index is 0.000000214. The van der Waals surface area contributed by atoms with Crippen LogP contribution in [0.1, 0.15) is 28.1 Å². The molecule has 3 N–H and O–H groups in total. The van der Waals surface area contributed by atoms with E-state index < -0.39 is 35.4 Å². The highest BCUT2D eigenvalue weighted by atomic mass is 35.5. The van der Waals surface area contributed by atoms with E-state index in [1.807, 2.05) is 0 Å². The normalized spacial score (nSPS) is 13.1. The van der Waals surface area contributed by atoms with Crippen molar-refractivity contribution in [2.75, 3.05) is 16.4 Å². The highest BCUT2D eigenvalue weighted by Crippen LogP contribution is 2.47. The number of ether oxygens (including phenoxy) is 4. The number of nitrogens with zero attached hydrogens (tertiary/aromatic N) is 4. The zero-order valence-electron chi connectivity index (χ0n) is 29.4. The number of anilines is 2. The number of carbonyl (C=O) groups excluding carboxylic acids is 2. The Kier molecular flexibility index (Phi) is 16.2. The number of aromatic nitrogens is 4. The Morgan fingerprint density at radius 3 is 1.43 bits per heavy atom. The Morgan fingerprint density at radius 2 is 1.05 bits per heavy atom. The lowest BCUT2D eigenvalue weighted by atomic mass is 10.1. The number of nitrogen functional groups attached to an aromatic ring is 1. The van der Waals surface area contributed by atoms with Gasteiger partial charge in [-0.1, -0.05) is 54.9 Å². The summed E-state index contributed by atoms with van der Waals surface area (Å²) in [6.45, 7) is 0. The molecule has 2 aliphatic rings.